The van der Waals surface area contributed by atoms with Crippen molar-refractivity contribution in [2.75, 3.05) is 11.9 Å². The number of carbonyl (C=O) groups is 2. The number of hydrogen-bond acceptors (Lipinski definition) is 3. The Morgan fingerprint density at radius 3 is 2.38 bits per heavy atom. The summed E-state index contributed by atoms with van der Waals surface area (Å²) < 4.78 is 5.20. The van der Waals surface area contributed by atoms with E-state index in [1.807, 2.05) is 67.6 Å². The zero-order valence-corrected chi connectivity index (χ0v) is 14.4. The lowest BCUT2D eigenvalue weighted by molar-refractivity contribution is -0.119. The van der Waals surface area contributed by atoms with Crippen LogP contribution >= 0.6 is 0 Å². The SMILES string of the molecule is Cc1cccc(NC(=O)COC(=O)c2ccccc2-c2ccccc2)c1. The lowest BCUT2D eigenvalue weighted by Crippen LogP contribution is -2.21. The summed E-state index contributed by atoms with van der Waals surface area (Å²) in [7, 11) is 0. The Kier molecular flexibility index (Phi) is 5.44. The van der Waals surface area contributed by atoms with Crippen molar-refractivity contribution in [2.45, 2.75) is 6.92 Å². The number of carbonyl (C=O) groups excluding carboxylic acids is 2. The summed E-state index contributed by atoms with van der Waals surface area (Å²) in [6.07, 6.45) is 0. The van der Waals surface area contributed by atoms with Crippen LogP contribution in [0.4, 0.5) is 5.69 Å². The molecule has 3 aromatic rings. The molecule has 0 unspecified atom stereocenters. The fraction of sp³-hybridized carbons (Fsp3) is 0.0909. The van der Waals surface area contributed by atoms with Gasteiger partial charge in [0.2, 0.25) is 0 Å². The normalized spacial score (nSPS) is 10.2. The zero-order chi connectivity index (χ0) is 18.4. The largest absolute Gasteiger partial charge is 0.452 e. The summed E-state index contributed by atoms with van der Waals surface area (Å²) in [6, 6.07) is 24.2. The van der Waals surface area contributed by atoms with Gasteiger partial charge in [-0.15, -0.1) is 0 Å². The molecule has 0 aliphatic heterocycles. The van der Waals surface area contributed by atoms with Gasteiger partial charge in [0, 0.05) is 5.69 Å². The van der Waals surface area contributed by atoms with Crippen LogP contribution < -0.4 is 5.32 Å². The van der Waals surface area contributed by atoms with Gasteiger partial charge in [0.05, 0.1) is 5.56 Å². The molecule has 3 aromatic carbocycles. The molecule has 0 spiro atoms. The smallest absolute Gasteiger partial charge is 0.339 e. The second kappa shape index (κ2) is 8.12. The van der Waals surface area contributed by atoms with Crippen molar-refractivity contribution in [2.24, 2.45) is 0 Å². The minimum absolute atomic E-state index is 0.337. The average molecular weight is 345 g/mol. The van der Waals surface area contributed by atoms with Crippen molar-refractivity contribution in [3.8, 4) is 11.1 Å². The Balaban J connectivity index is 1.66. The molecule has 1 amide bonds. The van der Waals surface area contributed by atoms with Gasteiger partial charge in [0.15, 0.2) is 6.61 Å². The first-order chi connectivity index (χ1) is 12.6. The Labute approximate surface area is 152 Å². The molecule has 0 radical (unpaired) electrons. The maximum absolute atomic E-state index is 12.4. The van der Waals surface area contributed by atoms with Gasteiger partial charge in [0.25, 0.3) is 5.91 Å². The highest BCUT2D eigenvalue weighted by Crippen LogP contribution is 2.24. The van der Waals surface area contributed by atoms with Crippen molar-refractivity contribution < 1.29 is 14.3 Å². The van der Waals surface area contributed by atoms with Crippen LogP contribution in [0.25, 0.3) is 11.1 Å². The molecule has 26 heavy (non-hydrogen) atoms. The van der Waals surface area contributed by atoms with Crippen molar-refractivity contribution in [3.63, 3.8) is 0 Å². The first kappa shape index (κ1) is 17.4. The topological polar surface area (TPSA) is 55.4 Å². The number of anilines is 1. The zero-order valence-electron chi connectivity index (χ0n) is 14.4. The first-order valence-electron chi connectivity index (χ1n) is 8.31. The summed E-state index contributed by atoms with van der Waals surface area (Å²) in [5.41, 5.74) is 3.84. The molecule has 130 valence electrons. The van der Waals surface area contributed by atoms with Gasteiger partial charge >= 0.3 is 5.97 Å². The van der Waals surface area contributed by atoms with Crippen LogP contribution in [-0.4, -0.2) is 18.5 Å². The Morgan fingerprint density at radius 1 is 0.885 bits per heavy atom. The number of esters is 1. The van der Waals surface area contributed by atoms with E-state index < -0.39 is 5.97 Å². The van der Waals surface area contributed by atoms with Crippen molar-refractivity contribution in [3.05, 3.63) is 90.0 Å². The van der Waals surface area contributed by atoms with Gasteiger partial charge < -0.3 is 10.1 Å². The maximum atomic E-state index is 12.4. The highest BCUT2D eigenvalue weighted by molar-refractivity contribution is 5.99. The molecule has 0 bridgehead atoms. The van der Waals surface area contributed by atoms with Crippen LogP contribution in [0, 0.1) is 6.92 Å². The number of ether oxygens (including phenoxy) is 1. The third-order valence-corrected chi connectivity index (χ3v) is 3.87. The van der Waals surface area contributed by atoms with E-state index in [1.54, 1.807) is 18.2 Å². The number of benzene rings is 3. The second-order valence-corrected chi connectivity index (χ2v) is 5.91. The van der Waals surface area contributed by atoms with Gasteiger partial charge in [-0.1, -0.05) is 60.7 Å². The van der Waals surface area contributed by atoms with Gasteiger partial charge in [-0.3, -0.25) is 4.79 Å². The molecular weight excluding hydrogens is 326 g/mol. The molecule has 4 nitrogen and oxygen atoms in total. The standard InChI is InChI=1S/C22H19NO3/c1-16-8-7-11-18(14-16)23-21(24)15-26-22(25)20-13-6-5-12-19(20)17-9-3-2-4-10-17/h2-14H,15H2,1H3,(H,23,24). The van der Waals surface area contributed by atoms with Crippen LogP contribution in [0.3, 0.4) is 0 Å². The third-order valence-electron chi connectivity index (χ3n) is 3.87. The molecule has 0 aromatic heterocycles. The third kappa shape index (κ3) is 4.36. The molecular formula is C22H19NO3. The highest BCUT2D eigenvalue weighted by Gasteiger charge is 2.15. The fourth-order valence-electron chi connectivity index (χ4n) is 2.66. The molecule has 3 rings (SSSR count). The summed E-state index contributed by atoms with van der Waals surface area (Å²) >= 11 is 0. The fourth-order valence-corrected chi connectivity index (χ4v) is 2.66. The van der Waals surface area contributed by atoms with E-state index in [9.17, 15) is 9.59 Å². The average Bonchev–Trinajstić information content (AvgIpc) is 2.67. The van der Waals surface area contributed by atoms with Gasteiger partial charge in [0.1, 0.15) is 0 Å². The molecule has 0 saturated carbocycles. The van der Waals surface area contributed by atoms with Gasteiger partial charge in [-0.25, -0.2) is 4.79 Å². The second-order valence-electron chi connectivity index (χ2n) is 5.91. The number of hydrogen-bond donors (Lipinski definition) is 1. The van der Waals surface area contributed by atoms with E-state index in [0.717, 1.165) is 16.7 Å². The van der Waals surface area contributed by atoms with Crippen LogP contribution in [0.1, 0.15) is 15.9 Å². The number of rotatable bonds is 5. The summed E-state index contributed by atoms with van der Waals surface area (Å²) in [4.78, 5) is 24.5. The minimum atomic E-state index is -0.524. The van der Waals surface area contributed by atoms with E-state index in [4.69, 9.17) is 4.74 Å². The van der Waals surface area contributed by atoms with Crippen molar-refractivity contribution in [1.82, 2.24) is 0 Å². The quantitative estimate of drug-likeness (QED) is 0.695. The van der Waals surface area contributed by atoms with Crippen LogP contribution in [0.5, 0.6) is 0 Å². The molecule has 0 aliphatic carbocycles. The predicted molar refractivity (Wildman–Crippen MR) is 102 cm³/mol. The van der Waals surface area contributed by atoms with Crippen molar-refractivity contribution in [1.29, 1.82) is 0 Å². The Morgan fingerprint density at radius 2 is 1.62 bits per heavy atom. The van der Waals surface area contributed by atoms with Crippen LogP contribution in [-0.2, 0) is 9.53 Å². The molecule has 0 atom stereocenters. The molecule has 0 aliphatic rings. The summed E-state index contributed by atoms with van der Waals surface area (Å²) in [6.45, 7) is 1.60. The Bertz CT molecular complexity index is 919. The summed E-state index contributed by atoms with van der Waals surface area (Å²) in [5.74, 6) is -0.898. The number of amides is 1. The van der Waals surface area contributed by atoms with E-state index in [2.05, 4.69) is 5.32 Å². The van der Waals surface area contributed by atoms with Crippen molar-refractivity contribution >= 4 is 17.6 Å². The van der Waals surface area contributed by atoms with E-state index >= 15 is 0 Å². The molecule has 0 fully saturated rings. The lowest BCUT2D eigenvalue weighted by Gasteiger charge is -2.10. The molecule has 4 heteroatoms. The molecule has 0 heterocycles. The molecule has 1 N–H and O–H groups in total. The van der Waals surface area contributed by atoms with Crippen LogP contribution in [0.15, 0.2) is 78.9 Å². The van der Waals surface area contributed by atoms with Crippen LogP contribution in [0.2, 0.25) is 0 Å². The highest BCUT2D eigenvalue weighted by atomic mass is 16.5. The number of aryl methyl sites for hydroxylation is 1. The Hall–Kier alpha value is -3.40. The number of nitrogens with one attached hydrogen (secondary N) is 1. The van der Waals surface area contributed by atoms with E-state index in [-0.39, 0.29) is 12.5 Å². The van der Waals surface area contributed by atoms with E-state index in [0.29, 0.717) is 11.3 Å². The molecule has 0 saturated heterocycles. The maximum Gasteiger partial charge on any atom is 0.339 e. The van der Waals surface area contributed by atoms with Gasteiger partial charge in [-0.2, -0.15) is 0 Å². The van der Waals surface area contributed by atoms with E-state index in [1.165, 1.54) is 0 Å². The summed E-state index contributed by atoms with van der Waals surface area (Å²) in [5, 5.41) is 2.72. The van der Waals surface area contributed by atoms with Gasteiger partial charge in [-0.05, 0) is 41.8 Å². The predicted octanol–water partition coefficient (Wildman–Crippen LogP) is 4.46. The lowest BCUT2D eigenvalue weighted by atomic mass is 10.00. The monoisotopic (exact) mass is 345 g/mol. The first-order valence-corrected chi connectivity index (χ1v) is 8.31. The minimum Gasteiger partial charge on any atom is -0.452 e.